The first-order valence-electron chi connectivity index (χ1n) is 7.20. The van der Waals surface area contributed by atoms with Crippen LogP contribution in [0.5, 0.6) is 5.75 Å². The second-order valence-corrected chi connectivity index (χ2v) is 6.59. The molecule has 0 fully saturated rings. The third kappa shape index (κ3) is 6.11. The molecule has 0 amide bonds. The molecule has 0 aromatic heterocycles. The Hall–Kier alpha value is -1.02. The maximum Gasteiger partial charge on any atom is 0.122 e. The van der Waals surface area contributed by atoms with E-state index >= 15 is 0 Å². The number of aryl methyl sites for hydroxylation is 1. The van der Waals surface area contributed by atoms with Crippen LogP contribution in [0.4, 0.5) is 0 Å². The topological polar surface area (TPSA) is 21.3 Å². The summed E-state index contributed by atoms with van der Waals surface area (Å²) in [5, 5.41) is 3.55. The van der Waals surface area contributed by atoms with E-state index in [9.17, 15) is 0 Å². The van der Waals surface area contributed by atoms with Gasteiger partial charge in [-0.3, -0.25) is 0 Å². The molecular formula is C17H29NO. The second-order valence-electron chi connectivity index (χ2n) is 6.59. The van der Waals surface area contributed by atoms with Gasteiger partial charge in [-0.15, -0.1) is 0 Å². The van der Waals surface area contributed by atoms with Gasteiger partial charge < -0.3 is 10.1 Å². The molecule has 0 saturated heterocycles. The summed E-state index contributed by atoms with van der Waals surface area (Å²) in [4.78, 5) is 0. The van der Waals surface area contributed by atoms with Crippen molar-refractivity contribution < 1.29 is 4.74 Å². The van der Waals surface area contributed by atoms with Crippen LogP contribution in [-0.4, -0.2) is 19.2 Å². The van der Waals surface area contributed by atoms with Gasteiger partial charge in [-0.25, -0.2) is 0 Å². The van der Waals surface area contributed by atoms with Crippen LogP contribution in [0.3, 0.4) is 0 Å². The van der Waals surface area contributed by atoms with Gasteiger partial charge in [-0.2, -0.15) is 0 Å². The fourth-order valence-corrected chi connectivity index (χ4v) is 2.24. The maximum absolute atomic E-state index is 5.44. The first kappa shape index (κ1) is 16.0. The van der Waals surface area contributed by atoms with E-state index in [-0.39, 0.29) is 5.54 Å². The van der Waals surface area contributed by atoms with Gasteiger partial charge in [0.05, 0.1) is 7.11 Å². The summed E-state index contributed by atoms with van der Waals surface area (Å²) in [6.45, 7) is 12.1. The van der Waals surface area contributed by atoms with Gasteiger partial charge in [-0.1, -0.05) is 24.6 Å². The van der Waals surface area contributed by atoms with Gasteiger partial charge in [0.25, 0.3) is 0 Å². The molecule has 19 heavy (non-hydrogen) atoms. The van der Waals surface area contributed by atoms with Crippen LogP contribution in [0.15, 0.2) is 18.2 Å². The van der Waals surface area contributed by atoms with Crippen LogP contribution in [-0.2, 0) is 6.42 Å². The molecule has 0 spiro atoms. The Labute approximate surface area is 118 Å². The summed E-state index contributed by atoms with van der Waals surface area (Å²) in [5.74, 6) is 1.67. The predicted octanol–water partition coefficient (Wildman–Crippen LogP) is 3.96. The average molecular weight is 263 g/mol. The first-order valence-corrected chi connectivity index (χ1v) is 7.20. The first-order chi connectivity index (χ1) is 8.81. The van der Waals surface area contributed by atoms with E-state index in [1.807, 2.05) is 0 Å². The van der Waals surface area contributed by atoms with E-state index in [1.165, 1.54) is 17.5 Å². The van der Waals surface area contributed by atoms with Gasteiger partial charge in [0.15, 0.2) is 0 Å². The molecule has 0 aliphatic heterocycles. The molecule has 0 radical (unpaired) electrons. The van der Waals surface area contributed by atoms with Crippen LogP contribution in [0, 0.1) is 12.8 Å². The Balaban J connectivity index is 2.52. The fraction of sp³-hybridized carbons (Fsp3) is 0.647. The van der Waals surface area contributed by atoms with Crippen molar-refractivity contribution in [3.63, 3.8) is 0 Å². The highest BCUT2D eigenvalue weighted by Crippen LogP contribution is 2.23. The Kier molecular flexibility index (Phi) is 5.86. The summed E-state index contributed by atoms with van der Waals surface area (Å²) < 4.78 is 5.44. The van der Waals surface area contributed by atoms with Crippen LogP contribution in [0.2, 0.25) is 0 Å². The number of methoxy groups -OCH3 is 1. The maximum atomic E-state index is 5.44. The Morgan fingerprint density at radius 3 is 2.53 bits per heavy atom. The lowest BCUT2D eigenvalue weighted by Crippen LogP contribution is -2.37. The van der Waals surface area contributed by atoms with Crippen molar-refractivity contribution in [2.75, 3.05) is 13.7 Å². The normalized spacial score (nSPS) is 13.4. The molecular weight excluding hydrogens is 234 g/mol. The monoisotopic (exact) mass is 263 g/mol. The minimum atomic E-state index is 0.209. The van der Waals surface area contributed by atoms with Crippen LogP contribution < -0.4 is 10.1 Å². The molecule has 2 nitrogen and oxygen atoms in total. The van der Waals surface area contributed by atoms with Crippen LogP contribution >= 0.6 is 0 Å². The zero-order chi connectivity index (χ0) is 14.5. The molecule has 1 atom stereocenters. The molecule has 0 saturated carbocycles. The van der Waals surface area contributed by atoms with Crippen LogP contribution in [0.25, 0.3) is 0 Å². The highest BCUT2D eigenvalue weighted by atomic mass is 16.5. The number of nitrogens with one attached hydrogen (secondary N) is 1. The summed E-state index contributed by atoms with van der Waals surface area (Å²) >= 11 is 0. The number of ether oxygens (including phenoxy) is 1. The van der Waals surface area contributed by atoms with Gasteiger partial charge in [0.2, 0.25) is 0 Å². The highest BCUT2D eigenvalue weighted by Gasteiger charge is 2.11. The van der Waals surface area contributed by atoms with E-state index in [2.05, 4.69) is 58.1 Å². The van der Waals surface area contributed by atoms with E-state index in [1.54, 1.807) is 7.11 Å². The van der Waals surface area contributed by atoms with Gasteiger partial charge in [-0.05, 0) is 64.6 Å². The molecule has 0 aliphatic carbocycles. The van der Waals surface area contributed by atoms with Crippen molar-refractivity contribution in [2.24, 2.45) is 5.92 Å². The van der Waals surface area contributed by atoms with Gasteiger partial charge in [0.1, 0.15) is 5.75 Å². The van der Waals surface area contributed by atoms with E-state index in [4.69, 9.17) is 4.74 Å². The second kappa shape index (κ2) is 6.95. The quantitative estimate of drug-likeness (QED) is 0.839. The fourth-order valence-electron chi connectivity index (χ4n) is 2.24. The lowest BCUT2D eigenvalue weighted by Gasteiger charge is -2.22. The van der Waals surface area contributed by atoms with Crippen molar-refractivity contribution in [2.45, 2.75) is 53.0 Å². The Morgan fingerprint density at radius 2 is 1.95 bits per heavy atom. The number of rotatable bonds is 6. The molecule has 0 aliphatic rings. The molecule has 2 heteroatoms. The number of hydrogen-bond acceptors (Lipinski definition) is 2. The highest BCUT2D eigenvalue weighted by molar-refractivity contribution is 5.37. The zero-order valence-electron chi connectivity index (χ0n) is 13.3. The standard InChI is InChI=1S/C17H29NO/c1-13-7-8-16(19-6)15(11-13)12-14(2)9-10-18-17(3,4)5/h7-8,11,14,18H,9-10,12H2,1-6H3. The largest absolute Gasteiger partial charge is 0.496 e. The Morgan fingerprint density at radius 1 is 1.26 bits per heavy atom. The molecule has 1 N–H and O–H groups in total. The summed E-state index contributed by atoms with van der Waals surface area (Å²) in [7, 11) is 1.75. The van der Waals surface area contributed by atoms with E-state index < -0.39 is 0 Å². The number of benzene rings is 1. The zero-order valence-corrected chi connectivity index (χ0v) is 13.3. The smallest absolute Gasteiger partial charge is 0.122 e. The molecule has 0 bridgehead atoms. The number of hydrogen-bond donors (Lipinski definition) is 1. The average Bonchev–Trinajstić information content (AvgIpc) is 2.27. The lowest BCUT2D eigenvalue weighted by atomic mass is 9.96. The van der Waals surface area contributed by atoms with E-state index in [0.29, 0.717) is 5.92 Å². The van der Waals surface area contributed by atoms with Crippen LogP contribution in [0.1, 0.15) is 45.2 Å². The third-order valence-corrected chi connectivity index (χ3v) is 3.30. The van der Waals surface area contributed by atoms with Crippen molar-refractivity contribution in [3.8, 4) is 5.75 Å². The van der Waals surface area contributed by atoms with Crippen molar-refractivity contribution in [3.05, 3.63) is 29.3 Å². The van der Waals surface area contributed by atoms with Gasteiger partial charge >= 0.3 is 0 Å². The summed E-state index contributed by atoms with van der Waals surface area (Å²) in [5.41, 5.74) is 2.84. The molecule has 1 aromatic rings. The van der Waals surface area contributed by atoms with Crippen molar-refractivity contribution >= 4 is 0 Å². The third-order valence-electron chi connectivity index (χ3n) is 3.30. The Bertz CT molecular complexity index is 393. The predicted molar refractivity (Wildman–Crippen MR) is 83.0 cm³/mol. The van der Waals surface area contributed by atoms with Gasteiger partial charge in [0, 0.05) is 5.54 Å². The van der Waals surface area contributed by atoms with E-state index in [0.717, 1.165) is 18.7 Å². The minimum absolute atomic E-state index is 0.209. The molecule has 0 heterocycles. The molecule has 1 unspecified atom stereocenters. The minimum Gasteiger partial charge on any atom is -0.496 e. The summed E-state index contributed by atoms with van der Waals surface area (Å²) in [6.07, 6.45) is 2.27. The molecule has 108 valence electrons. The van der Waals surface area contributed by atoms with Crippen molar-refractivity contribution in [1.82, 2.24) is 5.32 Å². The van der Waals surface area contributed by atoms with Crippen molar-refractivity contribution in [1.29, 1.82) is 0 Å². The molecule has 1 rings (SSSR count). The summed E-state index contributed by atoms with van der Waals surface area (Å²) in [6, 6.07) is 6.42. The lowest BCUT2D eigenvalue weighted by molar-refractivity contribution is 0.385. The SMILES string of the molecule is COc1ccc(C)cc1CC(C)CCNC(C)(C)C. The molecule has 1 aromatic carbocycles.